The molecule has 0 unspecified atom stereocenters. The quantitative estimate of drug-likeness (QED) is 0.526. The number of hydrogen-bond acceptors (Lipinski definition) is 2. The highest BCUT2D eigenvalue weighted by Crippen LogP contribution is 2.12. The normalized spacial score (nSPS) is 10.5. The Morgan fingerprint density at radius 2 is 2.00 bits per heavy atom. The van der Waals surface area contributed by atoms with Gasteiger partial charge in [0.15, 0.2) is 0 Å². The number of nitro groups is 1. The van der Waals surface area contributed by atoms with Crippen LogP contribution in [0.15, 0.2) is 30.3 Å². The van der Waals surface area contributed by atoms with Gasteiger partial charge in [0.25, 0.3) is 5.69 Å². The molecule has 0 saturated carbocycles. The molecule has 0 spiro atoms. The molecule has 68 valence electrons. The Labute approximate surface area is 76.9 Å². The minimum absolute atomic E-state index is 0.133. The SMILES string of the molecule is CC/C=C\c1ccc([N+](=O)[O-])cc1. The van der Waals surface area contributed by atoms with Crippen molar-refractivity contribution in [2.24, 2.45) is 0 Å². The first-order valence-corrected chi connectivity index (χ1v) is 4.15. The molecule has 0 aliphatic heterocycles. The lowest BCUT2D eigenvalue weighted by Crippen LogP contribution is -1.86. The largest absolute Gasteiger partial charge is 0.269 e. The zero-order valence-electron chi connectivity index (χ0n) is 7.43. The van der Waals surface area contributed by atoms with Crippen molar-refractivity contribution in [3.8, 4) is 0 Å². The van der Waals surface area contributed by atoms with Crippen LogP contribution in [0, 0.1) is 10.1 Å². The fourth-order valence-corrected chi connectivity index (χ4v) is 0.961. The van der Waals surface area contributed by atoms with Gasteiger partial charge in [0.2, 0.25) is 0 Å². The molecule has 0 bridgehead atoms. The lowest BCUT2D eigenvalue weighted by atomic mass is 10.2. The predicted molar refractivity (Wildman–Crippen MR) is 52.4 cm³/mol. The number of rotatable bonds is 3. The first-order chi connectivity index (χ1) is 6.24. The summed E-state index contributed by atoms with van der Waals surface area (Å²) in [5.74, 6) is 0. The molecule has 0 amide bonds. The van der Waals surface area contributed by atoms with Gasteiger partial charge in [0.1, 0.15) is 0 Å². The predicted octanol–water partition coefficient (Wildman–Crippen LogP) is 3.02. The Bertz CT molecular complexity index is 314. The van der Waals surface area contributed by atoms with Gasteiger partial charge in [-0.2, -0.15) is 0 Å². The van der Waals surface area contributed by atoms with E-state index in [0.29, 0.717) is 0 Å². The van der Waals surface area contributed by atoms with Crippen molar-refractivity contribution in [2.45, 2.75) is 13.3 Å². The summed E-state index contributed by atoms with van der Waals surface area (Å²) in [5, 5.41) is 10.3. The van der Waals surface area contributed by atoms with Gasteiger partial charge in [-0.3, -0.25) is 10.1 Å². The molecular formula is C10H11NO2. The molecule has 3 nitrogen and oxygen atoms in total. The lowest BCUT2D eigenvalue weighted by molar-refractivity contribution is -0.384. The van der Waals surface area contributed by atoms with E-state index in [1.165, 1.54) is 12.1 Å². The fourth-order valence-electron chi connectivity index (χ4n) is 0.961. The average Bonchev–Trinajstić information content (AvgIpc) is 2.15. The first-order valence-electron chi connectivity index (χ1n) is 4.15. The van der Waals surface area contributed by atoms with Crippen molar-refractivity contribution in [1.29, 1.82) is 0 Å². The van der Waals surface area contributed by atoms with Crippen LogP contribution in [0.5, 0.6) is 0 Å². The summed E-state index contributed by atoms with van der Waals surface area (Å²) in [7, 11) is 0. The van der Waals surface area contributed by atoms with Crippen LogP contribution in [0.2, 0.25) is 0 Å². The number of allylic oxidation sites excluding steroid dienone is 1. The molecule has 0 fully saturated rings. The van der Waals surface area contributed by atoms with Gasteiger partial charge in [-0.05, 0) is 24.1 Å². The summed E-state index contributed by atoms with van der Waals surface area (Å²) in [5.41, 5.74) is 1.13. The van der Waals surface area contributed by atoms with E-state index in [9.17, 15) is 10.1 Å². The summed E-state index contributed by atoms with van der Waals surface area (Å²) < 4.78 is 0. The van der Waals surface area contributed by atoms with Gasteiger partial charge in [0.05, 0.1) is 4.92 Å². The minimum atomic E-state index is -0.396. The third-order valence-electron chi connectivity index (χ3n) is 1.65. The summed E-state index contributed by atoms with van der Waals surface area (Å²) in [6.07, 6.45) is 4.93. The number of hydrogen-bond donors (Lipinski definition) is 0. The summed E-state index contributed by atoms with van der Waals surface area (Å²) in [6.45, 7) is 2.04. The number of benzene rings is 1. The van der Waals surface area contributed by atoms with Crippen LogP contribution >= 0.6 is 0 Å². The van der Waals surface area contributed by atoms with Crippen molar-refractivity contribution in [2.75, 3.05) is 0 Å². The standard InChI is InChI=1S/C10H11NO2/c1-2-3-4-9-5-7-10(8-6-9)11(12)13/h3-8H,2H2,1H3/b4-3-. The smallest absolute Gasteiger partial charge is 0.258 e. The molecule has 1 aromatic carbocycles. The van der Waals surface area contributed by atoms with E-state index in [1.807, 2.05) is 19.1 Å². The number of non-ortho nitro benzene ring substituents is 1. The Hall–Kier alpha value is -1.64. The second-order valence-corrected chi connectivity index (χ2v) is 2.66. The van der Waals surface area contributed by atoms with Crippen molar-refractivity contribution in [1.82, 2.24) is 0 Å². The van der Waals surface area contributed by atoms with E-state index in [-0.39, 0.29) is 5.69 Å². The van der Waals surface area contributed by atoms with Crippen molar-refractivity contribution in [3.05, 3.63) is 46.0 Å². The maximum atomic E-state index is 10.3. The Balaban J connectivity index is 2.81. The maximum absolute atomic E-state index is 10.3. The molecule has 0 radical (unpaired) electrons. The molecule has 0 atom stereocenters. The fraction of sp³-hybridized carbons (Fsp3) is 0.200. The lowest BCUT2D eigenvalue weighted by Gasteiger charge is -1.92. The second kappa shape index (κ2) is 4.40. The van der Waals surface area contributed by atoms with Crippen molar-refractivity contribution < 1.29 is 4.92 Å². The molecule has 1 aromatic rings. The van der Waals surface area contributed by atoms with Gasteiger partial charge < -0.3 is 0 Å². The monoisotopic (exact) mass is 177 g/mol. The van der Waals surface area contributed by atoms with Gasteiger partial charge >= 0.3 is 0 Å². The Kier molecular flexibility index (Phi) is 3.20. The molecule has 0 N–H and O–H groups in total. The van der Waals surface area contributed by atoms with Gasteiger partial charge in [-0.1, -0.05) is 19.1 Å². The third-order valence-corrected chi connectivity index (χ3v) is 1.65. The molecule has 0 saturated heterocycles. The highest BCUT2D eigenvalue weighted by molar-refractivity contribution is 5.51. The topological polar surface area (TPSA) is 43.1 Å². The van der Waals surface area contributed by atoms with Crippen LogP contribution in [0.25, 0.3) is 6.08 Å². The van der Waals surface area contributed by atoms with Crippen molar-refractivity contribution in [3.63, 3.8) is 0 Å². The number of nitrogens with zero attached hydrogens (tertiary/aromatic N) is 1. The Morgan fingerprint density at radius 1 is 1.38 bits per heavy atom. The van der Waals surface area contributed by atoms with E-state index < -0.39 is 4.92 Å². The zero-order chi connectivity index (χ0) is 9.68. The van der Waals surface area contributed by atoms with Crippen LogP contribution < -0.4 is 0 Å². The highest BCUT2D eigenvalue weighted by Gasteiger charge is 2.01. The van der Waals surface area contributed by atoms with E-state index in [1.54, 1.807) is 12.1 Å². The third kappa shape index (κ3) is 2.71. The van der Waals surface area contributed by atoms with Crippen LogP contribution in [-0.4, -0.2) is 4.92 Å². The minimum Gasteiger partial charge on any atom is -0.258 e. The molecule has 0 heterocycles. The van der Waals surface area contributed by atoms with E-state index in [2.05, 4.69) is 0 Å². The maximum Gasteiger partial charge on any atom is 0.269 e. The van der Waals surface area contributed by atoms with Gasteiger partial charge in [-0.15, -0.1) is 0 Å². The average molecular weight is 177 g/mol. The molecular weight excluding hydrogens is 166 g/mol. The molecule has 1 rings (SSSR count). The second-order valence-electron chi connectivity index (χ2n) is 2.66. The van der Waals surface area contributed by atoms with Crippen LogP contribution in [-0.2, 0) is 0 Å². The first kappa shape index (κ1) is 9.45. The Morgan fingerprint density at radius 3 is 2.46 bits per heavy atom. The zero-order valence-corrected chi connectivity index (χ0v) is 7.43. The van der Waals surface area contributed by atoms with Crippen LogP contribution in [0.4, 0.5) is 5.69 Å². The van der Waals surface area contributed by atoms with Crippen molar-refractivity contribution >= 4 is 11.8 Å². The molecule has 0 aliphatic rings. The highest BCUT2D eigenvalue weighted by atomic mass is 16.6. The molecule has 0 aliphatic carbocycles. The summed E-state index contributed by atoms with van der Waals surface area (Å²) in [6, 6.07) is 6.50. The van der Waals surface area contributed by atoms with Crippen LogP contribution in [0.1, 0.15) is 18.9 Å². The van der Waals surface area contributed by atoms with Gasteiger partial charge in [0, 0.05) is 12.1 Å². The van der Waals surface area contributed by atoms with Crippen LogP contribution in [0.3, 0.4) is 0 Å². The molecule has 3 heteroatoms. The molecule has 0 aromatic heterocycles. The summed E-state index contributed by atoms with van der Waals surface area (Å²) >= 11 is 0. The molecule has 13 heavy (non-hydrogen) atoms. The van der Waals surface area contributed by atoms with E-state index >= 15 is 0 Å². The van der Waals surface area contributed by atoms with Gasteiger partial charge in [-0.25, -0.2) is 0 Å². The number of nitro benzene ring substituents is 1. The van der Waals surface area contributed by atoms with E-state index in [4.69, 9.17) is 0 Å². The van der Waals surface area contributed by atoms with E-state index in [0.717, 1.165) is 12.0 Å². The summed E-state index contributed by atoms with van der Waals surface area (Å²) in [4.78, 5) is 9.92.